The average Bonchev–Trinajstić information content (AvgIpc) is 2.15. The Labute approximate surface area is 84.5 Å². The molecule has 76 valence electrons. The molecule has 0 aliphatic rings. The molecule has 0 amide bonds. The second-order valence-electron chi connectivity index (χ2n) is 3.33. The second-order valence-corrected chi connectivity index (χ2v) is 3.33. The van der Waals surface area contributed by atoms with Crippen molar-refractivity contribution in [3.05, 3.63) is 50.3 Å². The summed E-state index contributed by atoms with van der Waals surface area (Å²) >= 11 is 0. The number of nitrogens with one attached hydrogen (secondary N) is 1. The van der Waals surface area contributed by atoms with Gasteiger partial charge in [0.05, 0.1) is 4.92 Å². The van der Waals surface area contributed by atoms with Crippen LogP contribution in [0.5, 0.6) is 0 Å². The zero-order chi connectivity index (χ0) is 11.0. The predicted octanol–water partition coefficient (Wildman–Crippen LogP) is 1.74. The number of hydrogen-bond acceptors (Lipinski definition) is 3. The van der Waals surface area contributed by atoms with Crippen LogP contribution in [0.4, 0.5) is 5.69 Å². The highest BCUT2D eigenvalue weighted by atomic mass is 16.6. The fourth-order valence-electron chi connectivity index (χ4n) is 1.44. The quantitative estimate of drug-likeness (QED) is 0.567. The first-order valence-electron chi connectivity index (χ1n) is 4.36. The van der Waals surface area contributed by atoms with Gasteiger partial charge in [-0.3, -0.25) is 14.9 Å². The second kappa shape index (κ2) is 3.20. The van der Waals surface area contributed by atoms with E-state index in [0.29, 0.717) is 10.9 Å². The zero-order valence-corrected chi connectivity index (χ0v) is 7.98. The molecule has 2 rings (SSSR count). The van der Waals surface area contributed by atoms with Crippen molar-refractivity contribution in [2.75, 3.05) is 0 Å². The van der Waals surface area contributed by atoms with E-state index in [0.717, 1.165) is 5.56 Å². The first kappa shape index (κ1) is 9.39. The summed E-state index contributed by atoms with van der Waals surface area (Å²) < 4.78 is 0. The van der Waals surface area contributed by atoms with Crippen LogP contribution in [-0.4, -0.2) is 9.91 Å². The van der Waals surface area contributed by atoms with Crippen molar-refractivity contribution in [1.29, 1.82) is 0 Å². The molecule has 0 unspecified atom stereocenters. The maximum atomic E-state index is 11.3. The number of hydrogen-bond donors (Lipinski definition) is 1. The van der Waals surface area contributed by atoms with Gasteiger partial charge in [0.15, 0.2) is 0 Å². The molecule has 0 fully saturated rings. The lowest BCUT2D eigenvalue weighted by Gasteiger charge is -1.98. The normalized spacial score (nSPS) is 10.5. The fourth-order valence-corrected chi connectivity index (χ4v) is 1.44. The van der Waals surface area contributed by atoms with E-state index in [4.69, 9.17) is 0 Å². The summed E-state index contributed by atoms with van der Waals surface area (Å²) in [5.74, 6) is 0. The topological polar surface area (TPSA) is 76.0 Å². The Kier molecular flexibility index (Phi) is 2.00. The molecule has 0 atom stereocenters. The van der Waals surface area contributed by atoms with E-state index in [2.05, 4.69) is 4.98 Å². The maximum Gasteiger partial charge on any atom is 0.334 e. The third-order valence-corrected chi connectivity index (χ3v) is 2.18. The van der Waals surface area contributed by atoms with Crippen LogP contribution in [0.1, 0.15) is 5.56 Å². The van der Waals surface area contributed by atoms with Crippen LogP contribution in [0.2, 0.25) is 0 Å². The van der Waals surface area contributed by atoms with Gasteiger partial charge in [-0.2, -0.15) is 0 Å². The summed E-state index contributed by atoms with van der Waals surface area (Å²) in [7, 11) is 0. The van der Waals surface area contributed by atoms with Crippen LogP contribution in [-0.2, 0) is 0 Å². The minimum absolute atomic E-state index is 0.425. The molecule has 1 aromatic heterocycles. The van der Waals surface area contributed by atoms with E-state index in [1.54, 1.807) is 12.1 Å². The van der Waals surface area contributed by atoms with Crippen molar-refractivity contribution in [3.63, 3.8) is 0 Å². The van der Waals surface area contributed by atoms with Gasteiger partial charge in [0.2, 0.25) is 0 Å². The molecule has 5 nitrogen and oxygen atoms in total. The van der Waals surface area contributed by atoms with Crippen LogP contribution in [0, 0.1) is 17.0 Å². The van der Waals surface area contributed by atoms with Gasteiger partial charge in [0.25, 0.3) is 0 Å². The molecular formula is C10H8N2O3. The highest BCUT2D eigenvalue weighted by Gasteiger charge is 2.12. The lowest BCUT2D eigenvalue weighted by atomic mass is 10.1. The van der Waals surface area contributed by atoms with E-state index in [9.17, 15) is 14.9 Å². The number of benzene rings is 1. The SMILES string of the molecule is Cc1ccc2cc([N+](=O)[O-])c(=O)[nH]c2c1. The van der Waals surface area contributed by atoms with Gasteiger partial charge in [-0.1, -0.05) is 12.1 Å². The van der Waals surface area contributed by atoms with Crippen molar-refractivity contribution in [2.45, 2.75) is 6.92 Å². The lowest BCUT2D eigenvalue weighted by Crippen LogP contribution is -2.10. The Balaban J connectivity index is 2.82. The average molecular weight is 204 g/mol. The van der Waals surface area contributed by atoms with E-state index in [-0.39, 0.29) is 0 Å². The van der Waals surface area contributed by atoms with Crippen LogP contribution >= 0.6 is 0 Å². The monoisotopic (exact) mass is 204 g/mol. The fraction of sp³-hybridized carbons (Fsp3) is 0.100. The number of aromatic amines is 1. The molecular weight excluding hydrogens is 196 g/mol. The summed E-state index contributed by atoms with van der Waals surface area (Å²) in [6.45, 7) is 1.89. The smallest absolute Gasteiger partial charge is 0.316 e. The highest BCUT2D eigenvalue weighted by Crippen LogP contribution is 2.15. The molecule has 0 radical (unpaired) electrons. The summed E-state index contributed by atoms with van der Waals surface area (Å²) in [5, 5.41) is 11.2. The third kappa shape index (κ3) is 1.59. The molecule has 5 heteroatoms. The number of H-pyrrole nitrogens is 1. The van der Waals surface area contributed by atoms with Crippen molar-refractivity contribution in [3.8, 4) is 0 Å². The molecule has 0 aliphatic carbocycles. The lowest BCUT2D eigenvalue weighted by molar-refractivity contribution is -0.386. The first-order chi connectivity index (χ1) is 7.08. The Morgan fingerprint density at radius 3 is 2.73 bits per heavy atom. The molecule has 15 heavy (non-hydrogen) atoms. The van der Waals surface area contributed by atoms with Crippen LogP contribution in [0.3, 0.4) is 0 Å². The molecule has 2 aromatic rings. The summed E-state index contributed by atoms with van der Waals surface area (Å²) in [5.41, 5.74) is 0.516. The van der Waals surface area contributed by atoms with Crippen LogP contribution in [0.15, 0.2) is 29.1 Å². The van der Waals surface area contributed by atoms with Crippen molar-refractivity contribution in [1.82, 2.24) is 4.98 Å². The molecule has 0 aliphatic heterocycles. The molecule has 0 saturated heterocycles. The number of rotatable bonds is 1. The highest BCUT2D eigenvalue weighted by molar-refractivity contribution is 5.80. The van der Waals surface area contributed by atoms with Gasteiger partial charge in [-0.25, -0.2) is 0 Å². The van der Waals surface area contributed by atoms with E-state index < -0.39 is 16.2 Å². The predicted molar refractivity (Wildman–Crippen MR) is 56.0 cm³/mol. The minimum atomic E-state index is -0.682. The van der Waals surface area contributed by atoms with Crippen molar-refractivity contribution >= 4 is 16.6 Å². The van der Waals surface area contributed by atoms with E-state index >= 15 is 0 Å². The number of pyridine rings is 1. The van der Waals surface area contributed by atoms with Gasteiger partial charge in [-0.05, 0) is 18.6 Å². The molecule has 1 aromatic carbocycles. The maximum absolute atomic E-state index is 11.3. The molecule has 0 bridgehead atoms. The standard InChI is InChI=1S/C10H8N2O3/c1-6-2-3-7-5-9(12(14)15)10(13)11-8(7)4-6/h2-5H,1H3,(H,11,13). The largest absolute Gasteiger partial charge is 0.334 e. The number of aromatic nitrogens is 1. The number of aryl methyl sites for hydroxylation is 1. The Morgan fingerprint density at radius 2 is 2.07 bits per heavy atom. The van der Waals surface area contributed by atoms with Crippen LogP contribution in [0.25, 0.3) is 10.9 Å². The Bertz CT molecular complexity index is 601. The van der Waals surface area contributed by atoms with Crippen molar-refractivity contribution < 1.29 is 4.92 Å². The van der Waals surface area contributed by atoms with E-state index in [1.807, 2.05) is 13.0 Å². The Hall–Kier alpha value is -2.17. The van der Waals surface area contributed by atoms with E-state index in [1.165, 1.54) is 6.07 Å². The van der Waals surface area contributed by atoms with Gasteiger partial charge in [0.1, 0.15) is 0 Å². The molecule has 0 saturated carbocycles. The van der Waals surface area contributed by atoms with Gasteiger partial charge in [-0.15, -0.1) is 0 Å². The summed E-state index contributed by atoms with van der Waals surface area (Å²) in [4.78, 5) is 23.6. The first-order valence-corrected chi connectivity index (χ1v) is 4.36. The van der Waals surface area contributed by atoms with Crippen molar-refractivity contribution in [2.24, 2.45) is 0 Å². The molecule has 0 spiro atoms. The number of nitro groups is 1. The molecule has 1 N–H and O–H groups in total. The summed E-state index contributed by atoms with van der Waals surface area (Å²) in [6.07, 6.45) is 0. The van der Waals surface area contributed by atoms with Gasteiger partial charge < -0.3 is 4.98 Å². The summed E-state index contributed by atoms with van der Waals surface area (Å²) in [6, 6.07) is 6.64. The molecule has 1 heterocycles. The minimum Gasteiger partial charge on any atom is -0.316 e. The van der Waals surface area contributed by atoms with Crippen LogP contribution < -0.4 is 5.56 Å². The van der Waals surface area contributed by atoms with Gasteiger partial charge >= 0.3 is 11.2 Å². The third-order valence-electron chi connectivity index (χ3n) is 2.18. The Morgan fingerprint density at radius 1 is 1.33 bits per heavy atom. The number of nitrogens with zero attached hydrogens (tertiary/aromatic N) is 1. The van der Waals surface area contributed by atoms with Gasteiger partial charge in [0, 0.05) is 17.0 Å². The number of fused-ring (bicyclic) bond motifs is 1. The zero-order valence-electron chi connectivity index (χ0n) is 7.98.